The highest BCUT2D eigenvalue weighted by Gasteiger charge is 2.27. The lowest BCUT2D eigenvalue weighted by molar-refractivity contribution is 0.141. The lowest BCUT2D eigenvalue weighted by Gasteiger charge is -2.36. The summed E-state index contributed by atoms with van der Waals surface area (Å²) in [6.45, 7) is 6.67. The standard InChI is InChI=1S/C20H24N6O2/c1-12-5-14-8-21-26(18(14)6-17(12)24-4-3-15(27)9-24)20-7-19(22-13(2)23-20)25-10-16(28)11-25/h5-8,15-16,27-28H,3-4,9-11H2,1-2H3/t15-/m0/s1. The van der Waals surface area contributed by atoms with Crippen LogP contribution in [0.3, 0.4) is 0 Å². The molecule has 3 aromatic rings. The molecule has 2 fully saturated rings. The normalized spacial score (nSPS) is 20.2. The molecule has 8 heteroatoms. The van der Waals surface area contributed by atoms with Crippen LogP contribution in [-0.4, -0.2) is 68.3 Å². The van der Waals surface area contributed by atoms with Crippen LogP contribution in [0.1, 0.15) is 17.8 Å². The lowest BCUT2D eigenvalue weighted by atomic mass is 10.1. The van der Waals surface area contributed by atoms with E-state index in [4.69, 9.17) is 0 Å². The molecule has 2 saturated heterocycles. The predicted molar refractivity (Wildman–Crippen MR) is 107 cm³/mol. The fourth-order valence-electron chi connectivity index (χ4n) is 4.11. The van der Waals surface area contributed by atoms with E-state index >= 15 is 0 Å². The van der Waals surface area contributed by atoms with E-state index in [1.54, 1.807) is 0 Å². The molecular weight excluding hydrogens is 356 g/mol. The van der Waals surface area contributed by atoms with Gasteiger partial charge in [0, 0.05) is 43.3 Å². The van der Waals surface area contributed by atoms with Crippen LogP contribution in [0.5, 0.6) is 0 Å². The molecule has 28 heavy (non-hydrogen) atoms. The third-order valence-electron chi connectivity index (χ3n) is 5.60. The minimum absolute atomic E-state index is 0.265. The van der Waals surface area contributed by atoms with Crippen LogP contribution < -0.4 is 9.80 Å². The summed E-state index contributed by atoms with van der Waals surface area (Å²) in [6, 6.07) is 6.20. The van der Waals surface area contributed by atoms with Gasteiger partial charge in [-0.3, -0.25) is 0 Å². The monoisotopic (exact) mass is 380 g/mol. The van der Waals surface area contributed by atoms with Crippen molar-refractivity contribution in [2.75, 3.05) is 36.0 Å². The topological polar surface area (TPSA) is 90.5 Å². The van der Waals surface area contributed by atoms with Crippen molar-refractivity contribution in [2.24, 2.45) is 0 Å². The molecule has 1 aromatic carbocycles. The largest absolute Gasteiger partial charge is 0.391 e. The number of aryl methyl sites for hydroxylation is 2. The van der Waals surface area contributed by atoms with Gasteiger partial charge in [0.1, 0.15) is 11.6 Å². The highest BCUT2D eigenvalue weighted by molar-refractivity contribution is 5.85. The van der Waals surface area contributed by atoms with E-state index in [-0.39, 0.29) is 12.2 Å². The summed E-state index contributed by atoms with van der Waals surface area (Å²) in [5.74, 6) is 2.20. The third kappa shape index (κ3) is 2.89. The van der Waals surface area contributed by atoms with Crippen molar-refractivity contribution in [3.8, 4) is 5.82 Å². The second kappa shape index (κ2) is 6.42. The van der Waals surface area contributed by atoms with Crippen LogP contribution in [0.15, 0.2) is 24.4 Å². The molecule has 8 nitrogen and oxygen atoms in total. The summed E-state index contributed by atoms with van der Waals surface area (Å²) < 4.78 is 1.85. The maximum atomic E-state index is 9.92. The van der Waals surface area contributed by atoms with Crippen molar-refractivity contribution >= 4 is 22.4 Å². The molecule has 146 valence electrons. The van der Waals surface area contributed by atoms with E-state index in [0.717, 1.165) is 41.2 Å². The van der Waals surface area contributed by atoms with Gasteiger partial charge in [-0.1, -0.05) is 0 Å². The number of hydrogen-bond donors (Lipinski definition) is 2. The number of aliphatic hydroxyl groups excluding tert-OH is 2. The minimum Gasteiger partial charge on any atom is -0.391 e. The Labute approximate surface area is 163 Å². The van der Waals surface area contributed by atoms with Gasteiger partial charge in [0.2, 0.25) is 0 Å². The van der Waals surface area contributed by atoms with E-state index in [1.165, 1.54) is 5.56 Å². The van der Waals surface area contributed by atoms with Crippen molar-refractivity contribution in [2.45, 2.75) is 32.5 Å². The highest BCUT2D eigenvalue weighted by atomic mass is 16.3. The van der Waals surface area contributed by atoms with Gasteiger partial charge < -0.3 is 20.0 Å². The van der Waals surface area contributed by atoms with E-state index < -0.39 is 0 Å². The van der Waals surface area contributed by atoms with Gasteiger partial charge in [0.05, 0.1) is 23.9 Å². The van der Waals surface area contributed by atoms with Gasteiger partial charge in [-0.05, 0) is 38.0 Å². The molecule has 0 unspecified atom stereocenters. The molecule has 0 radical (unpaired) electrons. The van der Waals surface area contributed by atoms with E-state index in [0.29, 0.717) is 25.5 Å². The van der Waals surface area contributed by atoms with Gasteiger partial charge in [0.25, 0.3) is 0 Å². The molecule has 2 aliphatic rings. The Balaban J connectivity index is 1.58. The molecule has 0 saturated carbocycles. The molecule has 2 aromatic heterocycles. The van der Waals surface area contributed by atoms with Crippen molar-refractivity contribution in [1.29, 1.82) is 0 Å². The fraction of sp³-hybridized carbons (Fsp3) is 0.450. The SMILES string of the molecule is Cc1nc(N2CC(O)C2)cc(-n2ncc3cc(C)c(N4CC[C@H](O)C4)cc32)n1. The number of rotatable bonds is 3. The molecule has 0 aliphatic carbocycles. The van der Waals surface area contributed by atoms with E-state index in [1.807, 2.05) is 28.8 Å². The molecule has 2 aliphatic heterocycles. The second-order valence-corrected chi connectivity index (χ2v) is 7.83. The van der Waals surface area contributed by atoms with Gasteiger partial charge >= 0.3 is 0 Å². The zero-order valence-electron chi connectivity index (χ0n) is 16.1. The molecule has 0 spiro atoms. The summed E-state index contributed by atoms with van der Waals surface area (Å²) in [5, 5.41) is 25.2. The van der Waals surface area contributed by atoms with Gasteiger partial charge in [0.15, 0.2) is 5.82 Å². The first kappa shape index (κ1) is 17.4. The predicted octanol–water partition coefficient (Wildman–Crippen LogP) is 1.18. The maximum Gasteiger partial charge on any atom is 0.159 e. The first-order valence-corrected chi connectivity index (χ1v) is 9.68. The quantitative estimate of drug-likeness (QED) is 0.705. The van der Waals surface area contributed by atoms with Crippen LogP contribution in [0.2, 0.25) is 0 Å². The zero-order chi connectivity index (χ0) is 19.4. The smallest absolute Gasteiger partial charge is 0.159 e. The van der Waals surface area contributed by atoms with Crippen molar-refractivity contribution in [3.63, 3.8) is 0 Å². The van der Waals surface area contributed by atoms with Gasteiger partial charge in [-0.25, -0.2) is 14.6 Å². The lowest BCUT2D eigenvalue weighted by Crippen LogP contribution is -2.51. The number of β-amino-alcohol motifs (C(OH)–C–C–N with tert-alkyl or cyclic N) is 2. The Hall–Kier alpha value is -2.71. The van der Waals surface area contributed by atoms with Crippen molar-refractivity contribution < 1.29 is 10.2 Å². The number of fused-ring (bicyclic) bond motifs is 1. The summed E-state index contributed by atoms with van der Waals surface area (Å²) in [5.41, 5.74) is 3.28. The van der Waals surface area contributed by atoms with E-state index in [2.05, 4.69) is 39.0 Å². The highest BCUT2D eigenvalue weighted by Crippen LogP contribution is 2.31. The van der Waals surface area contributed by atoms with Crippen LogP contribution in [-0.2, 0) is 0 Å². The van der Waals surface area contributed by atoms with Crippen molar-refractivity contribution in [3.05, 3.63) is 35.8 Å². The number of anilines is 2. The number of benzene rings is 1. The fourth-order valence-corrected chi connectivity index (χ4v) is 4.11. The van der Waals surface area contributed by atoms with Crippen LogP contribution in [0, 0.1) is 13.8 Å². The number of hydrogen-bond acceptors (Lipinski definition) is 7. The molecule has 2 N–H and O–H groups in total. The number of aliphatic hydroxyl groups is 2. The third-order valence-corrected chi connectivity index (χ3v) is 5.60. The Bertz CT molecular complexity index is 1040. The average molecular weight is 380 g/mol. The Kier molecular flexibility index (Phi) is 3.99. The first-order chi connectivity index (χ1) is 13.5. The Morgan fingerprint density at radius 2 is 1.68 bits per heavy atom. The molecule has 4 heterocycles. The van der Waals surface area contributed by atoms with Crippen LogP contribution >= 0.6 is 0 Å². The van der Waals surface area contributed by atoms with Gasteiger partial charge in [-0.2, -0.15) is 5.10 Å². The number of nitrogens with zero attached hydrogens (tertiary/aromatic N) is 6. The molecule has 1 atom stereocenters. The van der Waals surface area contributed by atoms with Crippen molar-refractivity contribution in [1.82, 2.24) is 19.7 Å². The summed E-state index contributed by atoms with van der Waals surface area (Å²) in [4.78, 5) is 13.4. The molecule has 0 bridgehead atoms. The second-order valence-electron chi connectivity index (χ2n) is 7.83. The van der Waals surface area contributed by atoms with Crippen LogP contribution in [0.25, 0.3) is 16.7 Å². The summed E-state index contributed by atoms with van der Waals surface area (Å²) in [6.07, 6.45) is 2.10. The Morgan fingerprint density at radius 3 is 2.39 bits per heavy atom. The summed E-state index contributed by atoms with van der Waals surface area (Å²) in [7, 11) is 0. The Morgan fingerprint density at radius 1 is 0.929 bits per heavy atom. The molecule has 0 amide bonds. The van der Waals surface area contributed by atoms with E-state index in [9.17, 15) is 10.2 Å². The van der Waals surface area contributed by atoms with Crippen LogP contribution in [0.4, 0.5) is 11.5 Å². The maximum absolute atomic E-state index is 9.92. The van der Waals surface area contributed by atoms with Gasteiger partial charge in [-0.15, -0.1) is 0 Å². The minimum atomic E-state index is -0.286. The number of aromatic nitrogens is 4. The summed E-state index contributed by atoms with van der Waals surface area (Å²) >= 11 is 0. The first-order valence-electron chi connectivity index (χ1n) is 9.68. The molecular formula is C20H24N6O2. The average Bonchev–Trinajstić information content (AvgIpc) is 3.23. The zero-order valence-corrected chi connectivity index (χ0v) is 16.1. The molecule has 5 rings (SSSR count).